The third-order valence-corrected chi connectivity index (χ3v) is 8.15. The van der Waals surface area contributed by atoms with Crippen molar-refractivity contribution in [3.63, 3.8) is 0 Å². The highest BCUT2D eigenvalue weighted by Crippen LogP contribution is 2.65. The fraction of sp³-hybridized carbons (Fsp3) is 0.615. The van der Waals surface area contributed by atoms with Crippen molar-refractivity contribution in [3.8, 4) is 12.3 Å². The average Bonchev–Trinajstić information content (AvgIpc) is 3.02. The molecule has 4 aliphatic carbocycles. The van der Waals surface area contributed by atoms with Gasteiger partial charge in [0.05, 0.1) is 0 Å². The second kappa shape index (κ2) is 7.31. The molecular formula is C26H32O3. The largest absolute Gasteiger partial charge is 0.441 e. The number of hydrogen-bond donors (Lipinski definition) is 0. The quantitative estimate of drug-likeness (QED) is 0.376. The molecule has 4 rings (SSSR count). The lowest BCUT2D eigenvalue weighted by Gasteiger charge is -2.57. The zero-order chi connectivity index (χ0) is 20.8. The zero-order valence-corrected chi connectivity index (χ0v) is 17.7. The summed E-state index contributed by atoms with van der Waals surface area (Å²) in [6, 6.07) is 0. The van der Waals surface area contributed by atoms with Crippen molar-refractivity contribution in [2.75, 3.05) is 0 Å². The minimum absolute atomic E-state index is 0.212. The van der Waals surface area contributed by atoms with Gasteiger partial charge in [-0.05, 0) is 74.3 Å². The van der Waals surface area contributed by atoms with Gasteiger partial charge in [0, 0.05) is 18.3 Å². The Balaban J connectivity index is 1.71. The second-order valence-electron chi connectivity index (χ2n) is 9.39. The molecule has 0 heterocycles. The van der Waals surface area contributed by atoms with Crippen molar-refractivity contribution < 1.29 is 14.3 Å². The van der Waals surface area contributed by atoms with Gasteiger partial charge in [-0.3, -0.25) is 9.59 Å². The van der Waals surface area contributed by atoms with Crippen molar-refractivity contribution >= 4 is 11.8 Å². The number of carbonyl (C=O) groups excluding carboxylic acids is 2. The maximum absolute atomic E-state index is 12.5. The predicted octanol–water partition coefficient (Wildman–Crippen LogP) is 5.18. The standard InChI is InChI=1S/C26H32O3/c1-5-8-23(28)29-26(7-3)14-13-22-21-11-9-18-15-19(27)10-12-20(18)24(21)17(4)16-25(22,26)6-2/h3,13-15,20-22,24H,4-6,8-12,16H2,1-2H3/t20-,21-,22-,24+,25-,26-/m0/s1. The number of terminal acetylenes is 1. The van der Waals surface area contributed by atoms with E-state index in [4.69, 9.17) is 11.2 Å². The molecule has 3 nitrogen and oxygen atoms in total. The minimum Gasteiger partial charge on any atom is -0.441 e. The molecule has 154 valence electrons. The Morgan fingerprint density at radius 2 is 2.14 bits per heavy atom. The van der Waals surface area contributed by atoms with E-state index in [2.05, 4.69) is 25.5 Å². The number of ketones is 1. The lowest BCUT2D eigenvalue weighted by atomic mass is 9.48. The summed E-state index contributed by atoms with van der Waals surface area (Å²) in [5, 5.41) is 0. The van der Waals surface area contributed by atoms with Crippen molar-refractivity contribution in [2.24, 2.45) is 29.1 Å². The highest BCUT2D eigenvalue weighted by Gasteiger charge is 2.64. The van der Waals surface area contributed by atoms with Gasteiger partial charge >= 0.3 is 5.97 Å². The van der Waals surface area contributed by atoms with E-state index in [1.807, 2.05) is 19.1 Å². The number of carbonyl (C=O) groups is 2. The summed E-state index contributed by atoms with van der Waals surface area (Å²) in [5.41, 5.74) is 1.26. The molecule has 0 aromatic rings. The smallest absolute Gasteiger partial charge is 0.307 e. The van der Waals surface area contributed by atoms with Crippen LogP contribution in [0.4, 0.5) is 0 Å². The van der Waals surface area contributed by atoms with E-state index >= 15 is 0 Å². The molecular weight excluding hydrogens is 360 g/mol. The maximum Gasteiger partial charge on any atom is 0.307 e. The van der Waals surface area contributed by atoms with E-state index in [1.165, 1.54) is 11.1 Å². The van der Waals surface area contributed by atoms with Gasteiger partial charge < -0.3 is 4.74 Å². The first kappa shape index (κ1) is 20.2. The van der Waals surface area contributed by atoms with Gasteiger partial charge in [-0.25, -0.2) is 0 Å². The molecule has 0 aromatic heterocycles. The van der Waals surface area contributed by atoms with Crippen LogP contribution in [0.1, 0.15) is 65.2 Å². The molecule has 0 radical (unpaired) electrons. The number of rotatable bonds is 4. The van der Waals surface area contributed by atoms with Crippen molar-refractivity contribution in [1.29, 1.82) is 0 Å². The van der Waals surface area contributed by atoms with E-state index < -0.39 is 5.60 Å². The first-order valence-electron chi connectivity index (χ1n) is 11.2. The van der Waals surface area contributed by atoms with Gasteiger partial charge in [0.15, 0.2) is 11.4 Å². The zero-order valence-electron chi connectivity index (χ0n) is 17.7. The molecule has 6 atom stereocenters. The molecule has 0 spiro atoms. The Morgan fingerprint density at radius 3 is 2.83 bits per heavy atom. The van der Waals surface area contributed by atoms with Crippen LogP contribution < -0.4 is 0 Å². The average molecular weight is 393 g/mol. The topological polar surface area (TPSA) is 43.4 Å². The highest BCUT2D eigenvalue weighted by molar-refractivity contribution is 5.91. The van der Waals surface area contributed by atoms with E-state index in [-0.39, 0.29) is 23.1 Å². The third kappa shape index (κ3) is 2.87. The van der Waals surface area contributed by atoms with Gasteiger partial charge in [-0.1, -0.05) is 43.6 Å². The first-order chi connectivity index (χ1) is 13.9. The summed E-state index contributed by atoms with van der Waals surface area (Å²) in [7, 11) is 0. The van der Waals surface area contributed by atoms with Crippen molar-refractivity contribution in [1.82, 2.24) is 0 Å². The summed E-state index contributed by atoms with van der Waals surface area (Å²) in [6.45, 7) is 8.67. The predicted molar refractivity (Wildman–Crippen MR) is 114 cm³/mol. The Hall–Kier alpha value is -2.08. The van der Waals surface area contributed by atoms with E-state index in [0.29, 0.717) is 30.6 Å². The van der Waals surface area contributed by atoms with Crippen molar-refractivity contribution in [2.45, 2.75) is 70.8 Å². The van der Waals surface area contributed by atoms with Gasteiger partial charge in [0.2, 0.25) is 0 Å². The lowest BCUT2D eigenvalue weighted by molar-refractivity contribution is -0.165. The van der Waals surface area contributed by atoms with Crippen LogP contribution in [0.25, 0.3) is 0 Å². The molecule has 0 aliphatic heterocycles. The van der Waals surface area contributed by atoms with Gasteiger partial charge in [0.1, 0.15) is 0 Å². The van der Waals surface area contributed by atoms with Crippen LogP contribution in [-0.4, -0.2) is 17.4 Å². The van der Waals surface area contributed by atoms with Crippen LogP contribution in [0.2, 0.25) is 0 Å². The van der Waals surface area contributed by atoms with Crippen LogP contribution in [0.15, 0.2) is 36.0 Å². The van der Waals surface area contributed by atoms with Gasteiger partial charge in [-0.2, -0.15) is 0 Å². The van der Waals surface area contributed by atoms with Crippen LogP contribution >= 0.6 is 0 Å². The number of allylic oxidation sites excluding steroid dienone is 4. The van der Waals surface area contributed by atoms with Crippen molar-refractivity contribution in [3.05, 3.63) is 36.0 Å². The second-order valence-corrected chi connectivity index (χ2v) is 9.39. The molecule has 3 heteroatoms. The highest BCUT2D eigenvalue weighted by atomic mass is 16.6. The lowest BCUT2D eigenvalue weighted by Crippen LogP contribution is -2.56. The minimum atomic E-state index is -0.981. The SMILES string of the molecule is C#C[C@]1(OC(=O)CCC)C=C[C@H]2[C@@H]3CCC4=CC(=O)CC[C@@H]4[C@H]3C(=C)C[C@@]21CC. The summed E-state index contributed by atoms with van der Waals surface area (Å²) in [4.78, 5) is 24.4. The van der Waals surface area contributed by atoms with Gasteiger partial charge in [-0.15, -0.1) is 6.42 Å². The maximum atomic E-state index is 12.5. The summed E-state index contributed by atoms with van der Waals surface area (Å²) < 4.78 is 6.04. The first-order valence-corrected chi connectivity index (χ1v) is 11.2. The molecule has 0 bridgehead atoms. The fourth-order valence-electron chi connectivity index (χ4n) is 6.92. The molecule has 2 saturated carbocycles. The molecule has 29 heavy (non-hydrogen) atoms. The van der Waals surface area contributed by atoms with Crippen LogP contribution in [0, 0.1) is 41.4 Å². The number of fused-ring (bicyclic) bond motifs is 5. The summed E-state index contributed by atoms with van der Waals surface area (Å²) in [6.07, 6.45) is 18.6. The fourth-order valence-corrected chi connectivity index (χ4v) is 6.92. The van der Waals surface area contributed by atoms with Crippen LogP contribution in [0.3, 0.4) is 0 Å². The third-order valence-electron chi connectivity index (χ3n) is 8.15. The summed E-state index contributed by atoms with van der Waals surface area (Å²) >= 11 is 0. The molecule has 0 unspecified atom stereocenters. The van der Waals surface area contributed by atoms with Gasteiger partial charge in [0.25, 0.3) is 0 Å². The Labute approximate surface area is 174 Å². The van der Waals surface area contributed by atoms with E-state index in [9.17, 15) is 9.59 Å². The molecule has 4 aliphatic rings. The number of esters is 1. The molecule has 2 fully saturated rings. The summed E-state index contributed by atoms with van der Waals surface area (Å²) in [5.74, 6) is 4.54. The normalized spacial score (nSPS) is 40.4. The Bertz CT molecular complexity index is 841. The molecule has 0 N–H and O–H groups in total. The van der Waals surface area contributed by atoms with Crippen LogP contribution in [-0.2, 0) is 14.3 Å². The molecule has 0 amide bonds. The van der Waals surface area contributed by atoms with E-state index in [1.54, 1.807) is 0 Å². The number of hydrogen-bond acceptors (Lipinski definition) is 3. The molecule has 0 saturated heterocycles. The Morgan fingerprint density at radius 1 is 1.34 bits per heavy atom. The number of ether oxygens (including phenoxy) is 1. The molecule has 0 aromatic carbocycles. The Kier molecular flexibility index (Phi) is 5.09. The monoisotopic (exact) mass is 392 g/mol. The van der Waals surface area contributed by atoms with E-state index in [0.717, 1.165) is 38.5 Å². The van der Waals surface area contributed by atoms with Crippen LogP contribution in [0.5, 0.6) is 0 Å².